The Morgan fingerprint density at radius 2 is 2.00 bits per heavy atom. The quantitative estimate of drug-likeness (QED) is 0.769. The first-order chi connectivity index (χ1) is 9.77. The Morgan fingerprint density at radius 1 is 1.29 bits per heavy atom. The van der Waals surface area contributed by atoms with Crippen LogP contribution in [0.5, 0.6) is 0 Å². The number of alkyl halides is 3. The summed E-state index contributed by atoms with van der Waals surface area (Å²) in [6, 6.07) is 3.11. The molecule has 2 atom stereocenters. The molecule has 0 aliphatic heterocycles. The minimum atomic E-state index is -4.23. The van der Waals surface area contributed by atoms with Crippen LogP contribution in [-0.4, -0.2) is 18.1 Å². The molecule has 7 heteroatoms. The maximum Gasteiger partial charge on any atom is 0.391 e. The van der Waals surface area contributed by atoms with Crippen molar-refractivity contribution in [2.24, 2.45) is 5.92 Å². The molecular formula is C14H14BrF4NO. The van der Waals surface area contributed by atoms with E-state index in [1.165, 1.54) is 12.1 Å². The van der Waals surface area contributed by atoms with Crippen LogP contribution >= 0.6 is 15.9 Å². The molecule has 1 aliphatic rings. The molecule has 1 fully saturated rings. The Labute approximate surface area is 128 Å². The van der Waals surface area contributed by atoms with Gasteiger partial charge in [0.05, 0.1) is 11.5 Å². The van der Waals surface area contributed by atoms with Gasteiger partial charge in [-0.3, -0.25) is 4.79 Å². The summed E-state index contributed by atoms with van der Waals surface area (Å²) < 4.78 is 51.7. The fraction of sp³-hybridized carbons (Fsp3) is 0.500. The molecule has 0 saturated heterocycles. The molecule has 1 aromatic carbocycles. The molecule has 116 valence electrons. The van der Waals surface area contributed by atoms with Gasteiger partial charge in [-0.05, 0) is 53.4 Å². The molecule has 2 unspecified atom stereocenters. The van der Waals surface area contributed by atoms with E-state index in [1.54, 1.807) is 0 Å². The highest BCUT2D eigenvalue weighted by atomic mass is 79.9. The summed E-state index contributed by atoms with van der Waals surface area (Å²) in [7, 11) is 0. The number of benzene rings is 1. The molecule has 0 radical (unpaired) electrons. The van der Waals surface area contributed by atoms with Crippen molar-refractivity contribution >= 4 is 21.8 Å². The summed E-state index contributed by atoms with van der Waals surface area (Å²) in [5.74, 6) is -2.51. The number of halogens is 5. The highest BCUT2D eigenvalue weighted by molar-refractivity contribution is 9.10. The SMILES string of the molecule is O=C(NC1CCCC(C(F)(F)F)C1)c1cc(F)ccc1Br. The van der Waals surface area contributed by atoms with E-state index in [1.807, 2.05) is 0 Å². The van der Waals surface area contributed by atoms with Crippen molar-refractivity contribution in [1.82, 2.24) is 5.32 Å². The lowest BCUT2D eigenvalue weighted by Gasteiger charge is -2.31. The van der Waals surface area contributed by atoms with Crippen LogP contribution in [0, 0.1) is 11.7 Å². The van der Waals surface area contributed by atoms with Gasteiger partial charge in [-0.15, -0.1) is 0 Å². The van der Waals surface area contributed by atoms with Crippen molar-refractivity contribution in [2.45, 2.75) is 37.9 Å². The number of nitrogens with one attached hydrogen (secondary N) is 1. The predicted molar refractivity (Wildman–Crippen MR) is 73.4 cm³/mol. The Morgan fingerprint density at radius 3 is 2.67 bits per heavy atom. The normalized spacial score (nSPS) is 22.9. The van der Waals surface area contributed by atoms with Crippen molar-refractivity contribution in [2.75, 3.05) is 0 Å². The van der Waals surface area contributed by atoms with Gasteiger partial charge in [0, 0.05) is 10.5 Å². The average molecular weight is 368 g/mol. The number of hydrogen-bond acceptors (Lipinski definition) is 1. The van der Waals surface area contributed by atoms with Gasteiger partial charge in [0.15, 0.2) is 0 Å². The molecular weight excluding hydrogens is 354 g/mol. The first kappa shape index (κ1) is 16.3. The van der Waals surface area contributed by atoms with Crippen molar-refractivity contribution in [3.8, 4) is 0 Å². The maximum atomic E-state index is 13.2. The molecule has 0 heterocycles. The Balaban J connectivity index is 2.04. The topological polar surface area (TPSA) is 29.1 Å². The molecule has 0 spiro atoms. The first-order valence-corrected chi connectivity index (χ1v) is 7.39. The van der Waals surface area contributed by atoms with Crippen molar-refractivity contribution < 1.29 is 22.4 Å². The fourth-order valence-corrected chi connectivity index (χ4v) is 2.98. The summed E-state index contributed by atoms with van der Waals surface area (Å²) in [6.07, 6.45) is -3.34. The van der Waals surface area contributed by atoms with Crippen LogP contribution in [0.15, 0.2) is 22.7 Å². The van der Waals surface area contributed by atoms with E-state index in [0.29, 0.717) is 17.3 Å². The molecule has 1 N–H and O–H groups in total. The van der Waals surface area contributed by atoms with Gasteiger partial charge in [0.2, 0.25) is 0 Å². The van der Waals surface area contributed by atoms with Gasteiger partial charge >= 0.3 is 6.18 Å². The number of carbonyl (C=O) groups excluding carboxylic acids is 1. The lowest BCUT2D eigenvalue weighted by atomic mass is 9.85. The van der Waals surface area contributed by atoms with Crippen LogP contribution < -0.4 is 5.32 Å². The van der Waals surface area contributed by atoms with E-state index in [2.05, 4.69) is 21.2 Å². The lowest BCUT2D eigenvalue weighted by Crippen LogP contribution is -2.41. The highest BCUT2D eigenvalue weighted by Gasteiger charge is 2.42. The molecule has 0 aromatic heterocycles. The van der Waals surface area contributed by atoms with E-state index in [4.69, 9.17) is 0 Å². The van der Waals surface area contributed by atoms with Crippen molar-refractivity contribution in [3.05, 3.63) is 34.1 Å². The number of hydrogen-bond donors (Lipinski definition) is 1. The van der Waals surface area contributed by atoms with Crippen LogP contribution in [0.3, 0.4) is 0 Å². The maximum absolute atomic E-state index is 13.2. The van der Waals surface area contributed by atoms with Crippen LogP contribution in [0.1, 0.15) is 36.0 Å². The molecule has 1 aromatic rings. The van der Waals surface area contributed by atoms with E-state index in [-0.39, 0.29) is 18.4 Å². The molecule has 2 nitrogen and oxygen atoms in total. The van der Waals surface area contributed by atoms with E-state index < -0.39 is 29.9 Å². The van der Waals surface area contributed by atoms with Gasteiger partial charge in [-0.2, -0.15) is 13.2 Å². The van der Waals surface area contributed by atoms with Crippen LogP contribution in [0.4, 0.5) is 17.6 Å². The number of carbonyl (C=O) groups is 1. The third-order valence-corrected chi connectivity index (χ3v) is 4.34. The summed E-state index contributed by atoms with van der Waals surface area (Å²) in [4.78, 5) is 12.1. The fourth-order valence-electron chi connectivity index (χ4n) is 2.55. The zero-order valence-electron chi connectivity index (χ0n) is 11.0. The van der Waals surface area contributed by atoms with Gasteiger partial charge in [0.1, 0.15) is 5.82 Å². The molecule has 1 saturated carbocycles. The number of amides is 1. The Hall–Kier alpha value is -1.11. The van der Waals surface area contributed by atoms with Crippen LogP contribution in [-0.2, 0) is 0 Å². The minimum Gasteiger partial charge on any atom is -0.349 e. The smallest absolute Gasteiger partial charge is 0.349 e. The van der Waals surface area contributed by atoms with Crippen molar-refractivity contribution in [1.29, 1.82) is 0 Å². The Kier molecular flexibility index (Phi) is 4.91. The Bertz CT molecular complexity index is 532. The van der Waals surface area contributed by atoms with Crippen molar-refractivity contribution in [3.63, 3.8) is 0 Å². The second-order valence-corrected chi connectivity index (χ2v) is 6.05. The molecule has 1 aliphatic carbocycles. The van der Waals surface area contributed by atoms with Gasteiger partial charge < -0.3 is 5.32 Å². The first-order valence-electron chi connectivity index (χ1n) is 6.60. The van der Waals surface area contributed by atoms with E-state index in [0.717, 1.165) is 6.07 Å². The summed E-state index contributed by atoms with van der Waals surface area (Å²) in [5, 5.41) is 2.57. The molecule has 1 amide bonds. The molecule has 21 heavy (non-hydrogen) atoms. The zero-order valence-corrected chi connectivity index (χ0v) is 12.6. The minimum absolute atomic E-state index is 0.0872. The second kappa shape index (κ2) is 6.34. The van der Waals surface area contributed by atoms with E-state index in [9.17, 15) is 22.4 Å². The predicted octanol–water partition coefficient (Wildman–Crippen LogP) is 4.44. The second-order valence-electron chi connectivity index (χ2n) is 5.20. The summed E-state index contributed by atoms with van der Waals surface area (Å²) >= 11 is 3.13. The largest absolute Gasteiger partial charge is 0.391 e. The third-order valence-electron chi connectivity index (χ3n) is 3.65. The summed E-state index contributed by atoms with van der Waals surface area (Å²) in [5.41, 5.74) is 0.0872. The highest BCUT2D eigenvalue weighted by Crippen LogP contribution is 2.37. The number of rotatable bonds is 2. The molecule has 2 rings (SSSR count). The monoisotopic (exact) mass is 367 g/mol. The van der Waals surface area contributed by atoms with Crippen LogP contribution in [0.25, 0.3) is 0 Å². The van der Waals surface area contributed by atoms with Gasteiger partial charge in [-0.25, -0.2) is 4.39 Å². The zero-order chi connectivity index (χ0) is 15.6. The molecule has 0 bridgehead atoms. The van der Waals surface area contributed by atoms with E-state index >= 15 is 0 Å². The summed E-state index contributed by atoms with van der Waals surface area (Å²) in [6.45, 7) is 0. The van der Waals surface area contributed by atoms with Gasteiger partial charge in [0.25, 0.3) is 5.91 Å². The third kappa shape index (κ3) is 4.18. The average Bonchev–Trinajstić information content (AvgIpc) is 2.41. The standard InChI is InChI=1S/C14H14BrF4NO/c15-12-5-4-9(16)7-11(12)13(21)20-10-3-1-2-8(6-10)14(17,18)19/h4-5,7-8,10H,1-3,6H2,(H,20,21). The van der Waals surface area contributed by atoms with Crippen LogP contribution in [0.2, 0.25) is 0 Å². The van der Waals surface area contributed by atoms with Gasteiger partial charge in [-0.1, -0.05) is 6.42 Å². The lowest BCUT2D eigenvalue weighted by molar-refractivity contribution is -0.183.